The second-order valence-electron chi connectivity index (χ2n) is 4.18. The number of carbonyl (C=O) groups is 1. The van der Waals surface area contributed by atoms with E-state index in [0.717, 1.165) is 5.92 Å². The molecule has 16 heavy (non-hydrogen) atoms. The second kappa shape index (κ2) is 9.79. The predicted octanol–water partition coefficient (Wildman–Crippen LogP) is 2.35. The molecule has 1 saturated carbocycles. The van der Waals surface area contributed by atoms with E-state index in [9.17, 15) is 0 Å². The van der Waals surface area contributed by atoms with Crippen LogP contribution in [0.1, 0.15) is 39.5 Å². The van der Waals surface area contributed by atoms with Crippen LogP contribution in [0.5, 0.6) is 0 Å². The zero-order valence-corrected chi connectivity index (χ0v) is 11.1. The Morgan fingerprint density at radius 3 is 2.00 bits per heavy atom. The minimum Gasteiger partial charge on any atom is -0.381 e. The Labute approximate surface area is 100 Å². The van der Waals surface area contributed by atoms with Gasteiger partial charge in [0.1, 0.15) is 6.79 Å². The lowest BCUT2D eigenvalue weighted by Crippen LogP contribution is -2.37. The first-order chi connectivity index (χ1) is 7.88. The molecule has 0 N–H and O–H groups in total. The lowest BCUT2D eigenvalue weighted by atomic mass is 10.1. The summed E-state index contributed by atoms with van der Waals surface area (Å²) in [7, 11) is 1.83. The molecule has 96 valence electrons. The van der Waals surface area contributed by atoms with Crippen molar-refractivity contribution in [2.24, 2.45) is 5.92 Å². The van der Waals surface area contributed by atoms with Gasteiger partial charge in [-0.15, -0.1) is 0 Å². The molecule has 3 nitrogen and oxygen atoms in total. The summed E-state index contributed by atoms with van der Waals surface area (Å²) in [5.41, 5.74) is 0. The van der Waals surface area contributed by atoms with Crippen molar-refractivity contribution in [3.63, 3.8) is 0 Å². The lowest BCUT2D eigenvalue weighted by Gasteiger charge is -2.31. The fraction of sp³-hybridized carbons (Fsp3) is 0.923. The Balaban J connectivity index is 0.000000509. The van der Waals surface area contributed by atoms with E-state index < -0.39 is 0 Å². The minimum atomic E-state index is 0.542. The predicted molar refractivity (Wildman–Crippen MR) is 67.7 cm³/mol. The van der Waals surface area contributed by atoms with Crippen LogP contribution in [-0.4, -0.2) is 44.5 Å². The van der Waals surface area contributed by atoms with Gasteiger partial charge in [0.2, 0.25) is 0 Å². The van der Waals surface area contributed by atoms with Crippen LogP contribution in [0.3, 0.4) is 0 Å². The number of ether oxygens (including phenoxy) is 1. The highest BCUT2D eigenvalue weighted by molar-refractivity contribution is 5.10. The first-order valence-corrected chi connectivity index (χ1v) is 6.42. The highest BCUT2D eigenvalue weighted by atomic mass is 16.5. The smallest absolute Gasteiger partial charge is 0.106 e. The summed E-state index contributed by atoms with van der Waals surface area (Å²) in [6.07, 6.45) is 5.97. The van der Waals surface area contributed by atoms with Crippen LogP contribution in [0, 0.1) is 5.92 Å². The average molecular weight is 229 g/mol. The minimum absolute atomic E-state index is 0.542. The zero-order valence-electron chi connectivity index (χ0n) is 11.1. The molecule has 1 heterocycles. The van der Waals surface area contributed by atoms with Crippen LogP contribution in [0.2, 0.25) is 0 Å². The zero-order chi connectivity index (χ0) is 12.4. The van der Waals surface area contributed by atoms with Crippen molar-refractivity contribution in [2.75, 3.05) is 26.7 Å². The maximum Gasteiger partial charge on any atom is 0.106 e. The Morgan fingerprint density at radius 2 is 1.62 bits per heavy atom. The Kier molecular flexibility index (Phi) is 9.54. The van der Waals surface area contributed by atoms with Crippen LogP contribution in [0.4, 0.5) is 0 Å². The van der Waals surface area contributed by atoms with Crippen LogP contribution in [0.15, 0.2) is 0 Å². The Hall–Kier alpha value is -0.410. The van der Waals surface area contributed by atoms with Gasteiger partial charge in [-0.1, -0.05) is 13.8 Å². The first-order valence-electron chi connectivity index (χ1n) is 6.42. The van der Waals surface area contributed by atoms with Gasteiger partial charge >= 0.3 is 0 Å². The first kappa shape index (κ1) is 15.6. The number of nitrogens with zero attached hydrogens (tertiary/aromatic N) is 1. The van der Waals surface area contributed by atoms with Crippen molar-refractivity contribution in [3.8, 4) is 0 Å². The van der Waals surface area contributed by atoms with E-state index in [1.807, 2.05) is 27.7 Å². The molecular weight excluding hydrogens is 202 g/mol. The number of hydrogen-bond acceptors (Lipinski definition) is 3. The van der Waals surface area contributed by atoms with Crippen molar-refractivity contribution in [3.05, 3.63) is 0 Å². The van der Waals surface area contributed by atoms with Gasteiger partial charge in [0.05, 0.1) is 6.10 Å². The molecule has 0 spiro atoms. The van der Waals surface area contributed by atoms with E-state index in [1.165, 1.54) is 45.3 Å². The van der Waals surface area contributed by atoms with Crippen molar-refractivity contribution < 1.29 is 9.53 Å². The normalized spacial score (nSPS) is 21.4. The third-order valence-electron chi connectivity index (χ3n) is 3.08. The third kappa shape index (κ3) is 6.23. The number of likely N-dealkylation sites (tertiary alicyclic amines) is 1. The average Bonchev–Trinajstić information content (AvgIpc) is 3.19. The summed E-state index contributed by atoms with van der Waals surface area (Å²) in [5, 5.41) is 0. The van der Waals surface area contributed by atoms with E-state index in [2.05, 4.69) is 4.90 Å². The van der Waals surface area contributed by atoms with Gasteiger partial charge in [-0.2, -0.15) is 0 Å². The molecule has 2 aliphatic rings. The second-order valence-corrected chi connectivity index (χ2v) is 4.18. The van der Waals surface area contributed by atoms with Gasteiger partial charge in [0.25, 0.3) is 0 Å². The molecule has 0 amide bonds. The monoisotopic (exact) mass is 229 g/mol. The van der Waals surface area contributed by atoms with Gasteiger partial charge in [0.15, 0.2) is 0 Å². The van der Waals surface area contributed by atoms with Gasteiger partial charge in [-0.05, 0) is 31.6 Å². The quantitative estimate of drug-likeness (QED) is 0.744. The Bertz CT molecular complexity index is 152. The molecule has 0 atom stereocenters. The van der Waals surface area contributed by atoms with Crippen molar-refractivity contribution in [2.45, 2.75) is 45.6 Å². The van der Waals surface area contributed by atoms with Crippen LogP contribution >= 0.6 is 0 Å². The topological polar surface area (TPSA) is 29.5 Å². The molecule has 2 rings (SSSR count). The summed E-state index contributed by atoms with van der Waals surface area (Å²) in [6.45, 7) is 9.88. The van der Waals surface area contributed by atoms with E-state index in [4.69, 9.17) is 9.53 Å². The summed E-state index contributed by atoms with van der Waals surface area (Å²) in [4.78, 5) is 10.6. The standard InChI is InChI=1S/C10H19NO.C2H6.CH2O/c1-12-10-4-6-11(7-5-10)8-9-2-3-9;2*1-2/h9-10H,2-8H2,1H3;1-2H3;1H2. The fourth-order valence-corrected chi connectivity index (χ4v) is 1.99. The maximum absolute atomic E-state index is 8.00. The molecule has 1 saturated heterocycles. The van der Waals surface area contributed by atoms with Crippen molar-refractivity contribution in [1.29, 1.82) is 0 Å². The Morgan fingerprint density at radius 1 is 1.12 bits per heavy atom. The van der Waals surface area contributed by atoms with E-state index >= 15 is 0 Å². The van der Waals surface area contributed by atoms with E-state index in [1.54, 1.807) is 0 Å². The van der Waals surface area contributed by atoms with Gasteiger partial charge in [-0.3, -0.25) is 0 Å². The SMILES string of the molecule is C=O.CC.COC1CCN(CC2CC2)CC1. The highest BCUT2D eigenvalue weighted by Crippen LogP contribution is 2.30. The molecule has 1 aliphatic heterocycles. The van der Waals surface area contributed by atoms with Crippen LogP contribution < -0.4 is 0 Å². The molecular formula is C13H27NO2. The molecule has 0 aromatic rings. The molecule has 0 radical (unpaired) electrons. The molecule has 0 unspecified atom stereocenters. The fourth-order valence-electron chi connectivity index (χ4n) is 1.99. The van der Waals surface area contributed by atoms with Crippen molar-refractivity contribution in [1.82, 2.24) is 4.90 Å². The third-order valence-corrected chi connectivity index (χ3v) is 3.08. The number of rotatable bonds is 3. The van der Waals surface area contributed by atoms with Crippen molar-refractivity contribution >= 4 is 6.79 Å². The van der Waals surface area contributed by atoms with E-state index in [0.29, 0.717) is 6.10 Å². The van der Waals surface area contributed by atoms with Gasteiger partial charge in [-0.25, -0.2) is 0 Å². The number of hydrogen-bond donors (Lipinski definition) is 0. The van der Waals surface area contributed by atoms with E-state index in [-0.39, 0.29) is 0 Å². The molecule has 0 aromatic carbocycles. The van der Waals surface area contributed by atoms with Crippen LogP contribution in [-0.2, 0) is 9.53 Å². The molecule has 2 fully saturated rings. The largest absolute Gasteiger partial charge is 0.381 e. The molecule has 0 bridgehead atoms. The van der Waals surface area contributed by atoms with Gasteiger partial charge < -0.3 is 14.4 Å². The molecule has 1 aliphatic carbocycles. The number of piperidine rings is 1. The number of carbonyl (C=O) groups excluding carboxylic acids is 1. The highest BCUT2D eigenvalue weighted by Gasteiger charge is 2.26. The number of methoxy groups -OCH3 is 1. The maximum atomic E-state index is 8.00. The summed E-state index contributed by atoms with van der Waals surface area (Å²) in [6, 6.07) is 0. The summed E-state index contributed by atoms with van der Waals surface area (Å²) in [5.74, 6) is 1.05. The van der Waals surface area contributed by atoms with Crippen LogP contribution in [0.25, 0.3) is 0 Å². The molecule has 3 heteroatoms. The molecule has 0 aromatic heterocycles. The summed E-state index contributed by atoms with van der Waals surface area (Å²) < 4.78 is 5.33. The summed E-state index contributed by atoms with van der Waals surface area (Å²) >= 11 is 0. The van der Waals surface area contributed by atoms with Gasteiger partial charge in [0, 0.05) is 26.7 Å². The lowest BCUT2D eigenvalue weighted by molar-refractivity contribution is -0.0979.